The predicted octanol–water partition coefficient (Wildman–Crippen LogP) is 0.141. The highest BCUT2D eigenvalue weighted by Crippen LogP contribution is 2.33. The monoisotopic (exact) mass is 330 g/mol. The number of nitrogens with zero attached hydrogens (tertiary/aromatic N) is 1. The van der Waals surface area contributed by atoms with Gasteiger partial charge in [-0.15, -0.1) is 12.4 Å². The first-order chi connectivity index (χ1) is 10.1. The highest BCUT2D eigenvalue weighted by atomic mass is 35.5. The average Bonchev–Trinajstić information content (AvgIpc) is 3.04. The van der Waals surface area contributed by atoms with Crippen LogP contribution in [-0.4, -0.2) is 54.0 Å². The lowest BCUT2D eigenvalue weighted by atomic mass is 9.82. The minimum atomic E-state index is -0.746. The molecule has 0 radical (unpaired) electrons. The van der Waals surface area contributed by atoms with Crippen LogP contribution in [0.1, 0.15) is 38.5 Å². The van der Waals surface area contributed by atoms with Crippen molar-refractivity contribution in [2.75, 3.05) is 19.6 Å². The highest BCUT2D eigenvalue weighted by molar-refractivity contribution is 6.09. The summed E-state index contributed by atoms with van der Waals surface area (Å²) in [7, 11) is 0. The zero-order chi connectivity index (χ0) is 14.9. The number of rotatable bonds is 3. The van der Waals surface area contributed by atoms with E-state index in [2.05, 4.69) is 16.0 Å². The Labute approximate surface area is 136 Å². The fourth-order valence-corrected chi connectivity index (χ4v) is 3.51. The van der Waals surface area contributed by atoms with Crippen LogP contribution in [0.25, 0.3) is 0 Å². The number of carbonyl (C=O) groups excluding carboxylic acids is 3. The third-order valence-electron chi connectivity index (χ3n) is 4.68. The van der Waals surface area contributed by atoms with Gasteiger partial charge >= 0.3 is 6.03 Å². The van der Waals surface area contributed by atoms with Crippen LogP contribution in [0.4, 0.5) is 4.79 Å². The van der Waals surface area contributed by atoms with Crippen molar-refractivity contribution in [1.29, 1.82) is 0 Å². The van der Waals surface area contributed by atoms with Gasteiger partial charge in [-0.25, -0.2) is 4.79 Å². The van der Waals surface area contributed by atoms with Crippen LogP contribution in [0.15, 0.2) is 0 Å². The molecule has 1 saturated carbocycles. The number of amides is 4. The Morgan fingerprint density at radius 2 is 2.00 bits per heavy atom. The number of hydrogen-bond acceptors (Lipinski definition) is 4. The van der Waals surface area contributed by atoms with Gasteiger partial charge in [-0.05, 0) is 25.8 Å². The Kier molecular flexibility index (Phi) is 5.28. The first-order valence-corrected chi connectivity index (χ1v) is 7.75. The van der Waals surface area contributed by atoms with Gasteiger partial charge in [0.25, 0.3) is 5.91 Å². The molecule has 1 aliphatic carbocycles. The first kappa shape index (κ1) is 17.0. The maximum absolute atomic E-state index is 12.5. The molecule has 0 aromatic rings. The number of nitrogens with one attached hydrogen (secondary N) is 3. The fraction of sp³-hybridized carbons (Fsp3) is 0.786. The third-order valence-corrected chi connectivity index (χ3v) is 4.68. The van der Waals surface area contributed by atoms with E-state index in [4.69, 9.17) is 0 Å². The quantitative estimate of drug-likeness (QED) is 0.642. The molecule has 3 N–H and O–H groups in total. The summed E-state index contributed by atoms with van der Waals surface area (Å²) in [6, 6.07) is -0.330. The molecule has 3 rings (SSSR count). The predicted molar refractivity (Wildman–Crippen MR) is 82.7 cm³/mol. The molecule has 0 bridgehead atoms. The van der Waals surface area contributed by atoms with E-state index in [1.165, 1.54) is 0 Å². The molecule has 2 aliphatic heterocycles. The van der Waals surface area contributed by atoms with Crippen LogP contribution in [0.5, 0.6) is 0 Å². The van der Waals surface area contributed by atoms with Crippen LogP contribution in [-0.2, 0) is 9.59 Å². The number of hydrogen-bond donors (Lipinski definition) is 3. The van der Waals surface area contributed by atoms with Crippen molar-refractivity contribution >= 4 is 30.3 Å². The summed E-state index contributed by atoms with van der Waals surface area (Å²) in [6.07, 6.45) is 5.24. The van der Waals surface area contributed by atoms with Crippen molar-refractivity contribution in [3.63, 3.8) is 0 Å². The topological polar surface area (TPSA) is 90.5 Å². The fourth-order valence-electron chi connectivity index (χ4n) is 3.51. The Morgan fingerprint density at radius 3 is 2.64 bits per heavy atom. The summed E-state index contributed by atoms with van der Waals surface area (Å²) in [6.45, 7) is 1.45. The lowest BCUT2D eigenvalue weighted by Crippen LogP contribution is -2.49. The van der Waals surface area contributed by atoms with Crippen LogP contribution < -0.4 is 16.0 Å². The summed E-state index contributed by atoms with van der Waals surface area (Å²) in [5.41, 5.74) is -0.746. The molecule has 1 spiro atoms. The molecule has 0 aromatic carbocycles. The van der Waals surface area contributed by atoms with Crippen LogP contribution >= 0.6 is 12.4 Å². The van der Waals surface area contributed by atoms with Crippen molar-refractivity contribution in [3.05, 3.63) is 0 Å². The van der Waals surface area contributed by atoms with Crippen LogP contribution in [0, 0.1) is 0 Å². The molecular weight excluding hydrogens is 308 g/mol. The second kappa shape index (κ2) is 6.83. The summed E-state index contributed by atoms with van der Waals surface area (Å²) >= 11 is 0. The molecule has 4 amide bonds. The largest absolute Gasteiger partial charge is 0.350 e. The Morgan fingerprint density at radius 1 is 1.27 bits per heavy atom. The van der Waals surface area contributed by atoms with E-state index in [9.17, 15) is 14.4 Å². The Hall–Kier alpha value is -1.34. The van der Waals surface area contributed by atoms with E-state index >= 15 is 0 Å². The molecule has 124 valence electrons. The molecule has 1 unspecified atom stereocenters. The van der Waals surface area contributed by atoms with Gasteiger partial charge in [0.1, 0.15) is 12.1 Å². The van der Waals surface area contributed by atoms with Gasteiger partial charge in [0.15, 0.2) is 0 Å². The summed E-state index contributed by atoms with van der Waals surface area (Å²) in [5, 5.41) is 8.84. The van der Waals surface area contributed by atoms with Gasteiger partial charge in [0.2, 0.25) is 5.91 Å². The lowest BCUT2D eigenvalue weighted by Gasteiger charge is -2.30. The van der Waals surface area contributed by atoms with Gasteiger partial charge in [0.05, 0.1) is 0 Å². The molecule has 2 heterocycles. The average molecular weight is 331 g/mol. The number of urea groups is 1. The first-order valence-electron chi connectivity index (χ1n) is 7.75. The Balaban J connectivity index is 0.00000176. The Bertz CT molecular complexity index is 459. The second-order valence-corrected chi connectivity index (χ2v) is 6.22. The number of halogens is 1. The van der Waals surface area contributed by atoms with E-state index < -0.39 is 11.6 Å². The SMILES string of the molecule is Cl.O=C(CN1C(=O)NC2(CCCCC2)C1=O)NC1CCNC1. The highest BCUT2D eigenvalue weighted by Gasteiger charge is 2.51. The van der Waals surface area contributed by atoms with Crippen LogP contribution in [0.3, 0.4) is 0 Å². The van der Waals surface area contributed by atoms with E-state index in [-0.39, 0.29) is 36.8 Å². The minimum Gasteiger partial charge on any atom is -0.350 e. The van der Waals surface area contributed by atoms with Gasteiger partial charge in [-0.1, -0.05) is 19.3 Å². The van der Waals surface area contributed by atoms with E-state index in [0.29, 0.717) is 12.8 Å². The molecule has 8 heteroatoms. The van der Waals surface area contributed by atoms with Gasteiger partial charge in [-0.3, -0.25) is 14.5 Å². The van der Waals surface area contributed by atoms with Gasteiger partial charge < -0.3 is 16.0 Å². The van der Waals surface area contributed by atoms with Crippen molar-refractivity contribution in [3.8, 4) is 0 Å². The van der Waals surface area contributed by atoms with E-state index in [0.717, 1.165) is 43.7 Å². The van der Waals surface area contributed by atoms with Crippen molar-refractivity contribution < 1.29 is 14.4 Å². The summed E-state index contributed by atoms with van der Waals surface area (Å²) in [5.74, 6) is -0.494. The second-order valence-electron chi connectivity index (χ2n) is 6.22. The maximum atomic E-state index is 12.5. The molecular formula is C14H23ClN4O3. The molecule has 3 aliphatic rings. The molecule has 0 aromatic heterocycles. The number of imide groups is 1. The zero-order valence-corrected chi connectivity index (χ0v) is 13.3. The molecule has 7 nitrogen and oxygen atoms in total. The molecule has 3 fully saturated rings. The number of carbonyl (C=O) groups is 3. The van der Waals surface area contributed by atoms with Crippen molar-refractivity contribution in [1.82, 2.24) is 20.9 Å². The summed E-state index contributed by atoms with van der Waals surface area (Å²) < 4.78 is 0. The third kappa shape index (κ3) is 3.20. The molecule has 2 saturated heterocycles. The van der Waals surface area contributed by atoms with E-state index in [1.807, 2.05) is 0 Å². The van der Waals surface area contributed by atoms with Crippen molar-refractivity contribution in [2.45, 2.75) is 50.1 Å². The minimum absolute atomic E-state index is 0. The lowest BCUT2D eigenvalue weighted by molar-refractivity contribution is -0.136. The molecule has 22 heavy (non-hydrogen) atoms. The standard InChI is InChI=1S/C14H22N4O3.ClH/c19-11(16-10-4-7-15-8-10)9-18-12(20)14(17-13(18)21)5-2-1-3-6-14;/h10,15H,1-9H2,(H,16,19)(H,17,21);1H. The molecule has 1 atom stereocenters. The normalized spacial score (nSPS) is 26.7. The summed E-state index contributed by atoms with van der Waals surface area (Å²) in [4.78, 5) is 37.6. The van der Waals surface area contributed by atoms with E-state index in [1.54, 1.807) is 0 Å². The van der Waals surface area contributed by atoms with Crippen molar-refractivity contribution in [2.24, 2.45) is 0 Å². The zero-order valence-electron chi connectivity index (χ0n) is 12.5. The smallest absolute Gasteiger partial charge is 0.325 e. The van der Waals surface area contributed by atoms with Crippen LogP contribution in [0.2, 0.25) is 0 Å². The maximum Gasteiger partial charge on any atom is 0.325 e. The van der Waals surface area contributed by atoms with Gasteiger partial charge in [-0.2, -0.15) is 0 Å². The van der Waals surface area contributed by atoms with Gasteiger partial charge in [0, 0.05) is 12.6 Å².